The van der Waals surface area contributed by atoms with E-state index in [0.29, 0.717) is 10.9 Å². The average molecular weight is 310 g/mol. The van der Waals surface area contributed by atoms with Gasteiger partial charge in [-0.2, -0.15) is 0 Å². The summed E-state index contributed by atoms with van der Waals surface area (Å²) >= 11 is 6.27. The van der Waals surface area contributed by atoms with Crippen LogP contribution in [0.2, 0.25) is 5.02 Å². The third-order valence-corrected chi connectivity index (χ3v) is 3.51. The summed E-state index contributed by atoms with van der Waals surface area (Å²) in [6.45, 7) is 10.6. The van der Waals surface area contributed by atoms with Gasteiger partial charge in [-0.25, -0.2) is 0 Å². The van der Waals surface area contributed by atoms with Crippen molar-refractivity contribution in [1.29, 1.82) is 0 Å². The first-order valence-electron chi connectivity index (χ1n) is 7.87. The molecule has 0 saturated carbocycles. The number of allylic oxidation sites excluding steroid dienone is 1. The van der Waals surface area contributed by atoms with E-state index < -0.39 is 0 Å². The van der Waals surface area contributed by atoms with Crippen LogP contribution in [0.4, 0.5) is 0 Å². The molecule has 1 aromatic rings. The molecular formula is C18H28ClNO. The Balaban J connectivity index is 2.45. The molecule has 3 heteroatoms. The molecule has 0 atom stereocenters. The summed E-state index contributed by atoms with van der Waals surface area (Å²) in [7, 11) is 0. The molecule has 0 aromatic heterocycles. The molecule has 1 N–H and O–H groups in total. The van der Waals surface area contributed by atoms with Crippen molar-refractivity contribution >= 4 is 11.6 Å². The lowest BCUT2D eigenvalue weighted by Gasteiger charge is -2.14. The normalized spacial score (nSPS) is 10.9. The van der Waals surface area contributed by atoms with Gasteiger partial charge in [-0.05, 0) is 44.2 Å². The molecule has 0 bridgehead atoms. The van der Waals surface area contributed by atoms with Gasteiger partial charge in [0.2, 0.25) is 0 Å². The standard InChI is InChI=1S/C18H28ClNO/c1-4-5-6-7-8-12-21-18-16(10-9-11-17(18)19)14-20-13-15(2)3/h4,9-11,15,20H,1,5-8,12-14H2,2-3H3. The van der Waals surface area contributed by atoms with E-state index in [1.54, 1.807) is 0 Å². The third-order valence-electron chi connectivity index (χ3n) is 3.22. The first-order chi connectivity index (χ1) is 10.1. The second-order valence-electron chi connectivity index (χ2n) is 5.74. The first-order valence-corrected chi connectivity index (χ1v) is 8.24. The number of halogens is 1. The third kappa shape index (κ3) is 7.54. The smallest absolute Gasteiger partial charge is 0.142 e. The van der Waals surface area contributed by atoms with Gasteiger partial charge in [0.25, 0.3) is 0 Å². The van der Waals surface area contributed by atoms with Crippen LogP contribution in [0.25, 0.3) is 0 Å². The van der Waals surface area contributed by atoms with Crippen LogP contribution in [0, 0.1) is 5.92 Å². The minimum atomic E-state index is 0.637. The first kappa shape index (κ1) is 18.1. The molecule has 118 valence electrons. The van der Waals surface area contributed by atoms with Crippen molar-refractivity contribution in [3.8, 4) is 5.75 Å². The average Bonchev–Trinajstić information content (AvgIpc) is 2.44. The summed E-state index contributed by atoms with van der Waals surface area (Å²) in [5.41, 5.74) is 1.13. The molecule has 0 aliphatic carbocycles. The molecule has 1 rings (SSSR count). The van der Waals surface area contributed by atoms with Gasteiger partial charge in [0.1, 0.15) is 5.75 Å². The van der Waals surface area contributed by atoms with Gasteiger partial charge in [0.15, 0.2) is 0 Å². The van der Waals surface area contributed by atoms with Crippen LogP contribution in [0.3, 0.4) is 0 Å². The molecule has 1 aromatic carbocycles. The molecule has 21 heavy (non-hydrogen) atoms. The number of unbranched alkanes of at least 4 members (excludes halogenated alkanes) is 3. The van der Waals surface area contributed by atoms with Crippen molar-refractivity contribution in [2.24, 2.45) is 5.92 Å². The lowest BCUT2D eigenvalue weighted by Crippen LogP contribution is -2.19. The number of hydrogen-bond donors (Lipinski definition) is 1. The van der Waals surface area contributed by atoms with E-state index in [9.17, 15) is 0 Å². The quantitative estimate of drug-likeness (QED) is 0.447. The highest BCUT2D eigenvalue weighted by Crippen LogP contribution is 2.29. The zero-order valence-electron chi connectivity index (χ0n) is 13.3. The van der Waals surface area contributed by atoms with Crippen molar-refractivity contribution < 1.29 is 4.74 Å². The molecule has 2 nitrogen and oxygen atoms in total. The Morgan fingerprint density at radius 2 is 2.10 bits per heavy atom. The zero-order chi connectivity index (χ0) is 15.5. The maximum absolute atomic E-state index is 6.27. The summed E-state index contributed by atoms with van der Waals surface area (Å²) in [5, 5.41) is 4.14. The SMILES string of the molecule is C=CCCCCCOc1c(Cl)cccc1CNCC(C)C. The second kappa shape index (κ2) is 10.7. The molecule has 0 aliphatic rings. The summed E-state index contributed by atoms with van der Waals surface area (Å²) < 4.78 is 5.91. The number of para-hydroxylation sites is 1. The van der Waals surface area contributed by atoms with E-state index in [2.05, 4.69) is 31.8 Å². The van der Waals surface area contributed by atoms with E-state index in [4.69, 9.17) is 16.3 Å². The molecule has 0 saturated heterocycles. The fraction of sp³-hybridized carbons (Fsp3) is 0.556. The van der Waals surface area contributed by atoms with Crippen LogP contribution in [-0.2, 0) is 6.54 Å². The topological polar surface area (TPSA) is 21.3 Å². The predicted molar refractivity (Wildman–Crippen MR) is 92.2 cm³/mol. The molecule has 0 radical (unpaired) electrons. The van der Waals surface area contributed by atoms with Crippen molar-refractivity contribution in [3.63, 3.8) is 0 Å². The molecule has 0 aliphatic heterocycles. The van der Waals surface area contributed by atoms with Crippen molar-refractivity contribution in [3.05, 3.63) is 41.4 Å². The van der Waals surface area contributed by atoms with E-state index in [-0.39, 0.29) is 0 Å². The van der Waals surface area contributed by atoms with Crippen LogP contribution < -0.4 is 10.1 Å². The lowest BCUT2D eigenvalue weighted by molar-refractivity contribution is 0.301. The van der Waals surface area contributed by atoms with Gasteiger partial charge in [-0.15, -0.1) is 6.58 Å². The minimum absolute atomic E-state index is 0.637. The highest BCUT2D eigenvalue weighted by Gasteiger charge is 2.08. The summed E-state index contributed by atoms with van der Waals surface area (Å²) in [4.78, 5) is 0. The zero-order valence-corrected chi connectivity index (χ0v) is 14.1. The summed E-state index contributed by atoms with van der Waals surface area (Å²) in [5.74, 6) is 1.47. The Bertz CT molecular complexity index is 418. The van der Waals surface area contributed by atoms with Crippen molar-refractivity contribution in [2.75, 3.05) is 13.2 Å². The van der Waals surface area contributed by atoms with Crippen LogP contribution in [0.1, 0.15) is 45.1 Å². The van der Waals surface area contributed by atoms with Gasteiger partial charge in [-0.1, -0.05) is 43.7 Å². The monoisotopic (exact) mass is 309 g/mol. The number of nitrogens with one attached hydrogen (secondary N) is 1. The lowest BCUT2D eigenvalue weighted by atomic mass is 10.1. The van der Waals surface area contributed by atoms with Gasteiger partial charge >= 0.3 is 0 Å². The van der Waals surface area contributed by atoms with E-state index in [1.165, 1.54) is 6.42 Å². The summed E-state index contributed by atoms with van der Waals surface area (Å²) in [6.07, 6.45) is 6.44. The fourth-order valence-electron chi connectivity index (χ4n) is 2.09. The second-order valence-corrected chi connectivity index (χ2v) is 6.15. The van der Waals surface area contributed by atoms with Gasteiger partial charge in [0, 0.05) is 12.1 Å². The van der Waals surface area contributed by atoms with Crippen LogP contribution in [-0.4, -0.2) is 13.2 Å². The number of rotatable bonds is 11. The molecule has 0 heterocycles. The largest absolute Gasteiger partial charge is 0.492 e. The predicted octanol–water partition coefficient (Wildman–Crippen LogP) is 5.21. The molecule has 0 fully saturated rings. The highest BCUT2D eigenvalue weighted by molar-refractivity contribution is 6.32. The number of hydrogen-bond acceptors (Lipinski definition) is 2. The Kier molecular flexibility index (Phi) is 9.20. The van der Waals surface area contributed by atoms with Gasteiger partial charge in [-0.3, -0.25) is 0 Å². The summed E-state index contributed by atoms with van der Waals surface area (Å²) in [6, 6.07) is 5.94. The maximum atomic E-state index is 6.27. The fourth-order valence-corrected chi connectivity index (χ4v) is 2.34. The Labute approximate surface area is 134 Å². The van der Waals surface area contributed by atoms with Crippen LogP contribution in [0.15, 0.2) is 30.9 Å². The Morgan fingerprint density at radius 3 is 2.81 bits per heavy atom. The molecular weight excluding hydrogens is 282 g/mol. The van der Waals surface area contributed by atoms with E-state index in [0.717, 1.165) is 50.3 Å². The van der Waals surface area contributed by atoms with Crippen molar-refractivity contribution in [2.45, 2.75) is 46.1 Å². The number of ether oxygens (including phenoxy) is 1. The van der Waals surface area contributed by atoms with Crippen molar-refractivity contribution in [1.82, 2.24) is 5.32 Å². The Morgan fingerprint density at radius 1 is 1.29 bits per heavy atom. The van der Waals surface area contributed by atoms with Crippen LogP contribution in [0.5, 0.6) is 5.75 Å². The molecule has 0 amide bonds. The Hall–Kier alpha value is -0.990. The maximum Gasteiger partial charge on any atom is 0.142 e. The van der Waals surface area contributed by atoms with Crippen LogP contribution >= 0.6 is 11.6 Å². The molecule has 0 spiro atoms. The number of benzene rings is 1. The molecule has 0 unspecified atom stereocenters. The van der Waals surface area contributed by atoms with Gasteiger partial charge in [0.05, 0.1) is 11.6 Å². The van der Waals surface area contributed by atoms with E-state index >= 15 is 0 Å². The highest BCUT2D eigenvalue weighted by atomic mass is 35.5. The minimum Gasteiger partial charge on any atom is -0.492 e. The van der Waals surface area contributed by atoms with E-state index in [1.807, 2.05) is 18.2 Å². The van der Waals surface area contributed by atoms with Gasteiger partial charge < -0.3 is 10.1 Å².